The Balaban J connectivity index is 1.13. The van der Waals surface area contributed by atoms with Crippen molar-refractivity contribution in [3.05, 3.63) is 194 Å². The lowest BCUT2D eigenvalue weighted by atomic mass is 9.82. The maximum Gasteiger partial charge on any atom is 0.0773 e. The number of hydrogen-bond donors (Lipinski definition) is 1. The molecular formula is C53H36N2. The largest absolute Gasteiger partial charge is 0.396 e. The van der Waals surface area contributed by atoms with Crippen LogP contribution in [-0.2, 0) is 0 Å². The number of anilines is 1. The van der Waals surface area contributed by atoms with E-state index in [0.29, 0.717) is 0 Å². The highest BCUT2D eigenvalue weighted by Gasteiger charge is 2.31. The smallest absolute Gasteiger partial charge is 0.0773 e. The van der Waals surface area contributed by atoms with Crippen molar-refractivity contribution in [3.63, 3.8) is 0 Å². The van der Waals surface area contributed by atoms with Crippen LogP contribution >= 0.6 is 0 Å². The van der Waals surface area contributed by atoms with Crippen molar-refractivity contribution in [1.29, 1.82) is 0 Å². The number of nitrogens with zero attached hydrogens (tertiary/aromatic N) is 1. The Morgan fingerprint density at radius 1 is 0.364 bits per heavy atom. The average molecular weight is 701 g/mol. The number of aromatic nitrogens is 1. The molecule has 0 radical (unpaired) electrons. The van der Waals surface area contributed by atoms with E-state index in [1.807, 2.05) is 0 Å². The zero-order valence-electron chi connectivity index (χ0n) is 30.4. The molecule has 0 bridgehead atoms. The molecule has 0 aliphatic heterocycles. The molecule has 0 unspecified atom stereocenters. The Labute approximate surface area is 320 Å². The third kappa shape index (κ3) is 4.62. The average Bonchev–Trinajstić information content (AvgIpc) is 3.73. The first-order valence-electron chi connectivity index (χ1n) is 19.0. The van der Waals surface area contributed by atoms with Gasteiger partial charge in [0.15, 0.2) is 0 Å². The van der Waals surface area contributed by atoms with Crippen LogP contribution in [0.4, 0.5) is 5.69 Å². The molecule has 9 aromatic carbocycles. The number of para-hydroxylation sites is 1. The lowest BCUT2D eigenvalue weighted by Crippen LogP contribution is -1.99. The van der Waals surface area contributed by atoms with E-state index in [0.717, 1.165) is 33.5 Å². The van der Waals surface area contributed by atoms with Gasteiger partial charge in [-0.15, -0.1) is 0 Å². The van der Waals surface area contributed by atoms with Crippen molar-refractivity contribution in [1.82, 2.24) is 4.57 Å². The minimum Gasteiger partial charge on any atom is -0.396 e. The lowest BCUT2D eigenvalue weighted by molar-refractivity contribution is 1.13. The van der Waals surface area contributed by atoms with Gasteiger partial charge in [0.2, 0.25) is 0 Å². The van der Waals surface area contributed by atoms with Gasteiger partial charge in [-0.3, -0.25) is 0 Å². The zero-order valence-corrected chi connectivity index (χ0v) is 30.4. The molecule has 0 spiro atoms. The van der Waals surface area contributed by atoms with Gasteiger partial charge in [0.25, 0.3) is 0 Å². The highest BCUT2D eigenvalue weighted by Crippen LogP contribution is 2.58. The van der Waals surface area contributed by atoms with E-state index in [9.17, 15) is 0 Å². The monoisotopic (exact) mass is 700 g/mol. The van der Waals surface area contributed by atoms with Crippen molar-refractivity contribution in [2.45, 2.75) is 6.92 Å². The van der Waals surface area contributed by atoms with Crippen molar-refractivity contribution in [3.8, 4) is 72.6 Å². The molecule has 10 aromatic rings. The summed E-state index contributed by atoms with van der Waals surface area (Å²) in [5, 5.41) is 6.19. The van der Waals surface area contributed by atoms with Crippen LogP contribution in [0.2, 0.25) is 0 Å². The van der Waals surface area contributed by atoms with Gasteiger partial charge in [0.05, 0.1) is 16.9 Å². The summed E-state index contributed by atoms with van der Waals surface area (Å²) in [6.45, 7) is 2.15. The van der Waals surface area contributed by atoms with Crippen LogP contribution in [0.25, 0.3) is 105 Å². The molecule has 2 nitrogen and oxygen atoms in total. The van der Waals surface area contributed by atoms with Crippen molar-refractivity contribution in [2.24, 2.45) is 0 Å². The second-order valence-electron chi connectivity index (χ2n) is 14.6. The minimum atomic E-state index is 0.804. The Hall–Kier alpha value is -7.16. The highest BCUT2D eigenvalue weighted by molar-refractivity contribution is 6.28. The van der Waals surface area contributed by atoms with Gasteiger partial charge in [-0.05, 0) is 108 Å². The van der Waals surface area contributed by atoms with Crippen molar-refractivity contribution in [2.75, 3.05) is 5.73 Å². The Bertz CT molecular complexity index is 3040. The summed E-state index contributed by atoms with van der Waals surface area (Å²) in [5.41, 5.74) is 26.0. The van der Waals surface area contributed by atoms with Crippen molar-refractivity contribution < 1.29 is 0 Å². The number of nitrogen functional groups attached to an aromatic ring is 1. The van der Waals surface area contributed by atoms with Gasteiger partial charge in [0.1, 0.15) is 0 Å². The summed E-state index contributed by atoms with van der Waals surface area (Å²) in [7, 11) is 0. The van der Waals surface area contributed by atoms with Gasteiger partial charge in [0, 0.05) is 16.6 Å². The number of fused-ring (bicyclic) bond motifs is 5. The van der Waals surface area contributed by atoms with Gasteiger partial charge < -0.3 is 10.3 Å². The number of hydrogen-bond acceptors (Lipinski definition) is 1. The predicted octanol–water partition coefficient (Wildman–Crippen LogP) is 14.1. The first-order valence-corrected chi connectivity index (χ1v) is 19.0. The van der Waals surface area contributed by atoms with Gasteiger partial charge in [-0.1, -0.05) is 170 Å². The normalized spacial score (nSPS) is 11.8. The first kappa shape index (κ1) is 31.4. The van der Waals surface area contributed by atoms with E-state index in [-0.39, 0.29) is 0 Å². The Kier molecular flexibility index (Phi) is 6.96. The fourth-order valence-electron chi connectivity index (χ4n) is 9.29. The molecular weight excluding hydrogens is 665 g/mol. The highest BCUT2D eigenvalue weighted by atomic mass is 15.0. The maximum atomic E-state index is 6.94. The van der Waals surface area contributed by atoms with Crippen LogP contribution in [0.5, 0.6) is 0 Å². The second kappa shape index (κ2) is 12.2. The number of rotatable bonds is 5. The quantitative estimate of drug-likeness (QED) is 0.190. The second-order valence-corrected chi connectivity index (χ2v) is 14.6. The first-order chi connectivity index (χ1) is 27.2. The van der Waals surface area contributed by atoms with Gasteiger partial charge >= 0.3 is 0 Å². The van der Waals surface area contributed by atoms with Gasteiger partial charge in [-0.25, -0.2) is 0 Å². The molecule has 0 atom stereocenters. The van der Waals surface area contributed by atoms with Crippen molar-refractivity contribution >= 4 is 38.1 Å². The third-order valence-corrected chi connectivity index (χ3v) is 11.7. The van der Waals surface area contributed by atoms with E-state index in [1.165, 1.54) is 82.7 Å². The van der Waals surface area contributed by atoms with E-state index >= 15 is 0 Å². The Morgan fingerprint density at radius 3 is 1.53 bits per heavy atom. The molecule has 1 aliphatic rings. The molecule has 11 rings (SSSR count). The molecule has 0 saturated heterocycles. The van der Waals surface area contributed by atoms with Crippen LogP contribution < -0.4 is 5.73 Å². The van der Waals surface area contributed by atoms with Crippen LogP contribution in [0.1, 0.15) is 5.56 Å². The summed E-state index contributed by atoms with van der Waals surface area (Å²) < 4.78 is 2.32. The maximum absolute atomic E-state index is 6.94. The fourth-order valence-corrected chi connectivity index (χ4v) is 9.29. The van der Waals surface area contributed by atoms with E-state index in [4.69, 9.17) is 5.73 Å². The fraction of sp³-hybridized carbons (Fsp3) is 0.0189. The molecule has 0 saturated carbocycles. The number of aryl methyl sites for hydroxylation is 1. The van der Waals surface area contributed by atoms with E-state index < -0.39 is 0 Å². The molecule has 1 aliphatic carbocycles. The summed E-state index contributed by atoms with van der Waals surface area (Å²) in [6.07, 6.45) is 0. The topological polar surface area (TPSA) is 30.9 Å². The molecule has 1 aromatic heterocycles. The summed E-state index contributed by atoms with van der Waals surface area (Å²) in [6, 6.07) is 68.4. The third-order valence-electron chi connectivity index (χ3n) is 11.7. The molecule has 258 valence electrons. The van der Waals surface area contributed by atoms with Crippen LogP contribution in [0, 0.1) is 6.92 Å². The molecule has 0 amide bonds. The van der Waals surface area contributed by atoms with Crippen LogP contribution in [0.15, 0.2) is 188 Å². The molecule has 1 heterocycles. The zero-order chi connectivity index (χ0) is 36.6. The number of nitrogens with two attached hydrogens (primary N) is 1. The van der Waals surface area contributed by atoms with E-state index in [2.05, 4.69) is 200 Å². The minimum absolute atomic E-state index is 0.804. The lowest BCUT2D eigenvalue weighted by Gasteiger charge is -2.20. The van der Waals surface area contributed by atoms with Crippen LogP contribution in [0.3, 0.4) is 0 Å². The molecule has 0 fully saturated rings. The Morgan fingerprint density at radius 2 is 0.873 bits per heavy atom. The molecule has 2 N–H and O–H groups in total. The summed E-state index contributed by atoms with van der Waals surface area (Å²) >= 11 is 0. The predicted molar refractivity (Wildman–Crippen MR) is 234 cm³/mol. The standard InChI is InChI=1S/C53H36N2/c1-33-15-8-9-20-38(33)53-52(54)43-23-12-13-26-46(43)55(53)37-29-27-34(28-30-37)39-31-32-45-49-40(39)24-14-25-44(49)50-47(35-16-4-2-5-17-35)41-21-10-11-22-42(41)48(51(45)50)36-18-6-3-7-19-36/h2-32H,54H2,1H3. The summed E-state index contributed by atoms with van der Waals surface area (Å²) in [4.78, 5) is 0. The SMILES string of the molecule is Cc1ccccc1-c1c(N)c2ccccc2n1-c1ccc(-c2ccc3c4c(cccc24)-c2c-3c(-c3ccccc3)c3ccccc3c2-c2ccccc2)cc1. The van der Waals surface area contributed by atoms with Crippen LogP contribution in [-0.4, -0.2) is 4.57 Å². The number of benzene rings is 9. The molecule has 55 heavy (non-hydrogen) atoms. The van der Waals surface area contributed by atoms with Gasteiger partial charge in [-0.2, -0.15) is 0 Å². The van der Waals surface area contributed by atoms with E-state index in [1.54, 1.807) is 0 Å². The molecule has 2 heteroatoms. The summed E-state index contributed by atoms with van der Waals surface area (Å²) in [5.74, 6) is 0.